The van der Waals surface area contributed by atoms with E-state index in [1.807, 2.05) is 24.3 Å². The lowest BCUT2D eigenvalue weighted by atomic mass is 9.70. The number of fused-ring (bicyclic) bond motifs is 2. The minimum Gasteiger partial charge on any atom is -0.435 e. The lowest BCUT2D eigenvalue weighted by Gasteiger charge is -2.34. The van der Waals surface area contributed by atoms with Crippen molar-refractivity contribution in [3.63, 3.8) is 0 Å². The standard InChI is InChI=1S/C28H24NO.C23H22NO/c1-28(23-13-5-2-6-14-23,24-15-7-3-8-16-24)26-19-11-12-22-20-29(21-30-27(22)26)25-17-9-4-10-18-25;1-23(2,19-11-5-3-6-12-19)21-15-9-10-18-16-24(17-25-22(18)21)20-13-7-4-8-14-20/h2-20H,21H2,1H3;3-16H,17H2,1-2H3/q2*+1. The SMILES string of the molecule is CC(C)(c1ccccc1)c1cccc2c1OC[N+](c1ccccc1)=C2.CC(c1ccccc1)(c1ccccc1)c1cccc2c1OC[N+](c1ccccc1)=C2. The smallest absolute Gasteiger partial charge is 0.292 e. The van der Waals surface area contributed by atoms with Crippen molar-refractivity contribution in [1.82, 2.24) is 0 Å². The third-order valence-corrected chi connectivity index (χ3v) is 11.0. The van der Waals surface area contributed by atoms with Gasteiger partial charge in [0.1, 0.15) is 11.5 Å². The van der Waals surface area contributed by atoms with Crippen LogP contribution in [0.2, 0.25) is 0 Å². The number of benzene rings is 7. The second-order valence-electron chi connectivity index (χ2n) is 14.7. The molecule has 9 rings (SSSR count). The van der Waals surface area contributed by atoms with E-state index in [0.29, 0.717) is 13.5 Å². The molecule has 0 N–H and O–H groups in total. The van der Waals surface area contributed by atoms with Gasteiger partial charge in [-0.05, 0) is 35.7 Å². The van der Waals surface area contributed by atoms with E-state index in [1.54, 1.807) is 0 Å². The van der Waals surface area contributed by atoms with E-state index in [9.17, 15) is 0 Å². The van der Waals surface area contributed by atoms with Crippen LogP contribution in [0.5, 0.6) is 11.5 Å². The van der Waals surface area contributed by atoms with Gasteiger partial charge in [0.25, 0.3) is 13.5 Å². The minimum atomic E-state index is -0.323. The summed E-state index contributed by atoms with van der Waals surface area (Å²) in [5.41, 5.74) is 10.2. The molecule has 0 unspecified atom stereocenters. The summed E-state index contributed by atoms with van der Waals surface area (Å²) in [5.74, 6) is 1.95. The predicted molar refractivity (Wildman–Crippen MR) is 224 cm³/mol. The van der Waals surface area contributed by atoms with Crippen LogP contribution in [0.25, 0.3) is 0 Å². The monoisotopic (exact) mass is 718 g/mol. The van der Waals surface area contributed by atoms with E-state index in [0.717, 1.165) is 34.0 Å². The number of para-hydroxylation sites is 4. The first kappa shape index (κ1) is 35.5. The molecule has 0 bridgehead atoms. The molecule has 0 atom stereocenters. The lowest BCUT2D eigenvalue weighted by Crippen LogP contribution is -2.29. The molecule has 2 heterocycles. The highest BCUT2D eigenvalue weighted by atomic mass is 16.5. The fraction of sp³-hybridized carbons (Fsp3) is 0.137. The largest absolute Gasteiger partial charge is 0.435 e. The highest BCUT2D eigenvalue weighted by molar-refractivity contribution is 5.84. The normalized spacial score (nSPS) is 13.4. The second-order valence-corrected chi connectivity index (χ2v) is 14.7. The molecule has 55 heavy (non-hydrogen) atoms. The molecule has 2 aliphatic rings. The Morgan fingerprint density at radius 1 is 0.382 bits per heavy atom. The van der Waals surface area contributed by atoms with Crippen molar-refractivity contribution in [3.05, 3.63) is 227 Å². The number of rotatable bonds is 7. The van der Waals surface area contributed by atoms with Gasteiger partial charge in [-0.15, -0.1) is 0 Å². The molecule has 7 aromatic rings. The van der Waals surface area contributed by atoms with E-state index >= 15 is 0 Å². The molecular formula is C51H46N2O2+2. The molecule has 270 valence electrons. The van der Waals surface area contributed by atoms with Gasteiger partial charge in [0.15, 0.2) is 12.4 Å². The number of nitrogens with zero attached hydrogens (tertiary/aromatic N) is 2. The summed E-state index contributed by atoms with van der Waals surface area (Å²) in [5, 5.41) is 0. The summed E-state index contributed by atoms with van der Waals surface area (Å²) < 4.78 is 16.9. The van der Waals surface area contributed by atoms with Crippen LogP contribution in [-0.2, 0) is 10.8 Å². The highest BCUT2D eigenvalue weighted by Gasteiger charge is 2.36. The topological polar surface area (TPSA) is 24.5 Å². The molecule has 0 aromatic heterocycles. The first-order valence-corrected chi connectivity index (χ1v) is 19.0. The van der Waals surface area contributed by atoms with Crippen molar-refractivity contribution in [2.45, 2.75) is 31.6 Å². The molecule has 0 saturated heterocycles. The van der Waals surface area contributed by atoms with Crippen molar-refractivity contribution in [3.8, 4) is 11.5 Å². The summed E-state index contributed by atoms with van der Waals surface area (Å²) in [6.45, 7) is 7.82. The molecule has 2 aliphatic heterocycles. The third-order valence-electron chi connectivity index (χ3n) is 11.0. The maximum Gasteiger partial charge on any atom is 0.292 e. The van der Waals surface area contributed by atoms with Crippen molar-refractivity contribution in [2.24, 2.45) is 0 Å². The minimum absolute atomic E-state index is 0.116. The lowest BCUT2D eigenvalue weighted by molar-refractivity contribution is -0.476. The van der Waals surface area contributed by atoms with Gasteiger partial charge in [0.2, 0.25) is 11.4 Å². The Bertz CT molecular complexity index is 2400. The van der Waals surface area contributed by atoms with Crippen LogP contribution in [0, 0.1) is 0 Å². The molecule has 0 spiro atoms. The van der Waals surface area contributed by atoms with Crippen LogP contribution in [0.1, 0.15) is 59.7 Å². The molecule has 4 nitrogen and oxygen atoms in total. The maximum atomic E-state index is 6.41. The van der Waals surface area contributed by atoms with Gasteiger partial charge in [-0.25, -0.2) is 0 Å². The fourth-order valence-electron chi connectivity index (χ4n) is 7.77. The number of hydrogen-bond acceptors (Lipinski definition) is 2. The van der Waals surface area contributed by atoms with E-state index in [1.165, 1.54) is 27.8 Å². The average Bonchev–Trinajstić information content (AvgIpc) is 3.27. The van der Waals surface area contributed by atoms with Gasteiger partial charge in [0, 0.05) is 46.2 Å². The quantitative estimate of drug-likeness (QED) is 0.121. The molecule has 0 amide bonds. The Morgan fingerprint density at radius 2 is 0.745 bits per heavy atom. The Hall–Kier alpha value is -6.52. The van der Waals surface area contributed by atoms with Gasteiger partial charge < -0.3 is 9.47 Å². The summed E-state index contributed by atoms with van der Waals surface area (Å²) >= 11 is 0. The Labute approximate surface area is 324 Å². The maximum absolute atomic E-state index is 6.41. The summed E-state index contributed by atoms with van der Waals surface area (Å²) in [4.78, 5) is 0. The third kappa shape index (κ3) is 7.12. The molecule has 0 saturated carbocycles. The average molecular weight is 719 g/mol. The van der Waals surface area contributed by atoms with Crippen LogP contribution in [0.4, 0.5) is 11.4 Å². The van der Waals surface area contributed by atoms with E-state index in [4.69, 9.17) is 9.47 Å². The highest BCUT2D eigenvalue weighted by Crippen LogP contribution is 2.45. The van der Waals surface area contributed by atoms with Crippen LogP contribution in [-0.4, -0.2) is 35.0 Å². The van der Waals surface area contributed by atoms with Gasteiger partial charge in [0.05, 0.1) is 11.1 Å². The molecule has 0 aliphatic carbocycles. The van der Waals surface area contributed by atoms with E-state index in [-0.39, 0.29) is 10.8 Å². The van der Waals surface area contributed by atoms with Crippen molar-refractivity contribution in [2.75, 3.05) is 13.5 Å². The zero-order chi connectivity index (χ0) is 37.7. The molecule has 0 fully saturated rings. The first-order valence-electron chi connectivity index (χ1n) is 19.0. The van der Waals surface area contributed by atoms with Gasteiger partial charge >= 0.3 is 0 Å². The molecule has 0 radical (unpaired) electrons. The van der Waals surface area contributed by atoms with Gasteiger partial charge in [-0.1, -0.05) is 166 Å². The Kier molecular flexibility index (Phi) is 9.97. The van der Waals surface area contributed by atoms with Gasteiger partial charge in [-0.3, -0.25) is 0 Å². The number of ether oxygens (including phenoxy) is 2. The summed E-state index contributed by atoms with van der Waals surface area (Å²) in [6, 6.07) is 65.5. The number of hydrogen-bond donors (Lipinski definition) is 0. The Balaban J connectivity index is 0.000000158. The summed E-state index contributed by atoms with van der Waals surface area (Å²) in [7, 11) is 0. The van der Waals surface area contributed by atoms with Crippen molar-refractivity contribution >= 4 is 23.8 Å². The molecule has 4 heteroatoms. The van der Waals surface area contributed by atoms with Gasteiger partial charge in [-0.2, -0.15) is 9.15 Å². The van der Waals surface area contributed by atoms with Crippen LogP contribution in [0.15, 0.2) is 188 Å². The Morgan fingerprint density at radius 3 is 1.18 bits per heavy atom. The predicted octanol–water partition coefficient (Wildman–Crippen LogP) is 11.3. The van der Waals surface area contributed by atoms with Crippen molar-refractivity contribution < 1.29 is 18.6 Å². The second kappa shape index (κ2) is 15.5. The summed E-state index contributed by atoms with van der Waals surface area (Å²) in [6.07, 6.45) is 4.37. The van der Waals surface area contributed by atoms with E-state index in [2.05, 4.69) is 206 Å². The van der Waals surface area contributed by atoms with Crippen LogP contribution >= 0.6 is 0 Å². The van der Waals surface area contributed by atoms with E-state index < -0.39 is 0 Å². The zero-order valence-electron chi connectivity index (χ0n) is 31.7. The first-order chi connectivity index (χ1) is 26.9. The van der Waals surface area contributed by atoms with Crippen LogP contribution in [0.3, 0.4) is 0 Å². The van der Waals surface area contributed by atoms with Crippen molar-refractivity contribution in [1.29, 1.82) is 0 Å². The fourth-order valence-corrected chi connectivity index (χ4v) is 7.77. The molecular weight excluding hydrogens is 673 g/mol. The molecule has 7 aromatic carbocycles. The van der Waals surface area contributed by atoms with Crippen LogP contribution < -0.4 is 9.47 Å². The zero-order valence-corrected chi connectivity index (χ0v) is 31.7.